The molecule has 0 fully saturated rings. The first kappa shape index (κ1) is 13.1. The molecule has 19 heavy (non-hydrogen) atoms. The van der Waals surface area contributed by atoms with E-state index in [0.717, 1.165) is 12.1 Å². The van der Waals surface area contributed by atoms with Gasteiger partial charge < -0.3 is 4.74 Å². The molecule has 1 amide bonds. The van der Waals surface area contributed by atoms with E-state index < -0.39 is 0 Å². The van der Waals surface area contributed by atoms with E-state index >= 15 is 0 Å². The molecule has 1 heterocycles. The van der Waals surface area contributed by atoms with Gasteiger partial charge in [0.25, 0.3) is 5.91 Å². The molecular weight excluding hydrogens is 244 g/mol. The molecule has 0 unspecified atom stereocenters. The van der Waals surface area contributed by atoms with E-state index in [1.54, 1.807) is 23.0 Å². The third-order valence-electron chi connectivity index (χ3n) is 2.72. The summed E-state index contributed by atoms with van der Waals surface area (Å²) in [5.41, 5.74) is 3.40. The first-order valence-electron chi connectivity index (χ1n) is 5.98. The van der Waals surface area contributed by atoms with Crippen LogP contribution in [-0.2, 0) is 13.2 Å². The van der Waals surface area contributed by atoms with Crippen LogP contribution in [-0.4, -0.2) is 15.7 Å². The number of hydrogen-bond donors (Lipinski definition) is 2. The Bertz CT molecular complexity index is 565. The predicted molar refractivity (Wildman–Crippen MR) is 70.3 cm³/mol. The topological polar surface area (TPSA) is 82.2 Å². The number of aromatic nitrogens is 2. The van der Waals surface area contributed by atoms with Gasteiger partial charge in [0.1, 0.15) is 6.61 Å². The van der Waals surface area contributed by atoms with Gasteiger partial charge in [0.05, 0.1) is 12.4 Å². The standard InChI is InChI=1S/C13H16N4O2/c1-2-17-8-11(7-15-17)19-9-10-5-3-4-6-12(10)13(18)16-14/h3-8H,2,9,14H2,1H3,(H,16,18). The summed E-state index contributed by atoms with van der Waals surface area (Å²) in [6.45, 7) is 3.08. The first-order valence-corrected chi connectivity index (χ1v) is 5.98. The van der Waals surface area contributed by atoms with Crippen molar-refractivity contribution >= 4 is 5.91 Å². The summed E-state index contributed by atoms with van der Waals surface area (Å²) in [6, 6.07) is 7.16. The normalized spacial score (nSPS) is 10.2. The first-order chi connectivity index (χ1) is 9.24. The molecule has 2 rings (SSSR count). The Kier molecular flexibility index (Phi) is 4.15. The van der Waals surface area contributed by atoms with Crippen LogP contribution < -0.4 is 16.0 Å². The summed E-state index contributed by atoms with van der Waals surface area (Å²) >= 11 is 0. The van der Waals surface area contributed by atoms with E-state index in [-0.39, 0.29) is 5.91 Å². The van der Waals surface area contributed by atoms with Crippen molar-refractivity contribution in [1.82, 2.24) is 15.2 Å². The maximum Gasteiger partial charge on any atom is 0.265 e. The second kappa shape index (κ2) is 6.01. The van der Waals surface area contributed by atoms with Gasteiger partial charge in [-0.1, -0.05) is 18.2 Å². The quantitative estimate of drug-likeness (QED) is 0.479. The number of carbonyl (C=O) groups excluding carboxylic acids is 1. The lowest BCUT2D eigenvalue weighted by Gasteiger charge is -2.08. The van der Waals surface area contributed by atoms with Crippen LogP contribution in [0.4, 0.5) is 0 Å². The van der Waals surface area contributed by atoms with Gasteiger partial charge in [-0.25, -0.2) is 5.84 Å². The second-order valence-corrected chi connectivity index (χ2v) is 3.95. The highest BCUT2D eigenvalue weighted by Crippen LogP contribution is 2.14. The van der Waals surface area contributed by atoms with Crippen molar-refractivity contribution in [2.45, 2.75) is 20.1 Å². The fourth-order valence-corrected chi connectivity index (χ4v) is 1.70. The number of benzene rings is 1. The van der Waals surface area contributed by atoms with E-state index in [9.17, 15) is 4.79 Å². The summed E-state index contributed by atoms with van der Waals surface area (Å²) in [5.74, 6) is 5.49. The molecule has 100 valence electrons. The summed E-state index contributed by atoms with van der Waals surface area (Å²) < 4.78 is 7.38. The third kappa shape index (κ3) is 3.11. The molecule has 1 aromatic heterocycles. The van der Waals surface area contributed by atoms with Gasteiger partial charge in [-0.2, -0.15) is 5.10 Å². The molecule has 0 atom stereocenters. The Morgan fingerprint density at radius 1 is 1.47 bits per heavy atom. The molecular formula is C13H16N4O2. The number of amides is 1. The zero-order valence-corrected chi connectivity index (χ0v) is 10.7. The Labute approximate surface area is 111 Å². The fraction of sp³-hybridized carbons (Fsp3) is 0.231. The van der Waals surface area contributed by atoms with Crippen molar-refractivity contribution in [3.05, 3.63) is 47.8 Å². The fourth-order valence-electron chi connectivity index (χ4n) is 1.70. The summed E-state index contributed by atoms with van der Waals surface area (Å²) in [7, 11) is 0. The lowest BCUT2D eigenvalue weighted by atomic mass is 10.1. The molecule has 0 radical (unpaired) electrons. The Balaban J connectivity index is 2.08. The molecule has 1 aromatic carbocycles. The van der Waals surface area contributed by atoms with Crippen molar-refractivity contribution in [1.29, 1.82) is 0 Å². The maximum atomic E-state index is 11.6. The molecule has 0 bridgehead atoms. The van der Waals surface area contributed by atoms with Gasteiger partial charge in [0.15, 0.2) is 5.75 Å². The maximum absolute atomic E-state index is 11.6. The zero-order valence-electron chi connectivity index (χ0n) is 10.7. The number of nitrogen functional groups attached to an aromatic ring is 1. The van der Waals surface area contributed by atoms with Gasteiger partial charge in [-0.15, -0.1) is 0 Å². The number of nitrogens with one attached hydrogen (secondary N) is 1. The minimum atomic E-state index is -0.330. The lowest BCUT2D eigenvalue weighted by Crippen LogP contribution is -2.30. The van der Waals surface area contributed by atoms with Crippen LogP contribution in [0.5, 0.6) is 5.75 Å². The molecule has 0 saturated carbocycles. The minimum absolute atomic E-state index is 0.291. The number of hydrazine groups is 1. The molecule has 3 N–H and O–H groups in total. The molecule has 0 aliphatic heterocycles. The molecule has 0 spiro atoms. The van der Waals surface area contributed by atoms with Gasteiger partial charge in [-0.05, 0) is 13.0 Å². The monoisotopic (exact) mass is 260 g/mol. The van der Waals surface area contributed by atoms with Crippen LogP contribution in [0.25, 0.3) is 0 Å². The van der Waals surface area contributed by atoms with E-state index in [2.05, 4.69) is 10.5 Å². The third-order valence-corrected chi connectivity index (χ3v) is 2.72. The van der Waals surface area contributed by atoms with E-state index in [1.165, 1.54) is 0 Å². The highest BCUT2D eigenvalue weighted by Gasteiger charge is 2.10. The summed E-state index contributed by atoms with van der Waals surface area (Å²) in [6.07, 6.45) is 3.46. The minimum Gasteiger partial charge on any atom is -0.486 e. The van der Waals surface area contributed by atoms with Crippen molar-refractivity contribution in [2.24, 2.45) is 5.84 Å². The summed E-state index contributed by atoms with van der Waals surface area (Å²) in [5, 5.41) is 4.11. The highest BCUT2D eigenvalue weighted by atomic mass is 16.5. The average Bonchev–Trinajstić information content (AvgIpc) is 2.92. The lowest BCUT2D eigenvalue weighted by molar-refractivity contribution is 0.0951. The smallest absolute Gasteiger partial charge is 0.265 e. The van der Waals surface area contributed by atoms with E-state index in [4.69, 9.17) is 10.6 Å². The number of hydrogen-bond acceptors (Lipinski definition) is 4. The second-order valence-electron chi connectivity index (χ2n) is 3.95. The van der Waals surface area contributed by atoms with Crippen LogP contribution in [0.3, 0.4) is 0 Å². The van der Waals surface area contributed by atoms with Crippen LogP contribution in [0.15, 0.2) is 36.7 Å². The molecule has 0 aliphatic carbocycles. The number of ether oxygens (including phenoxy) is 1. The van der Waals surface area contributed by atoms with Crippen LogP contribution in [0, 0.1) is 0 Å². The van der Waals surface area contributed by atoms with E-state index in [1.807, 2.05) is 25.3 Å². The van der Waals surface area contributed by atoms with Gasteiger partial charge >= 0.3 is 0 Å². The zero-order chi connectivity index (χ0) is 13.7. The van der Waals surface area contributed by atoms with Gasteiger partial charge in [0, 0.05) is 17.7 Å². The average molecular weight is 260 g/mol. The number of nitrogens with zero attached hydrogens (tertiary/aromatic N) is 2. The van der Waals surface area contributed by atoms with Crippen molar-refractivity contribution in [3.63, 3.8) is 0 Å². The van der Waals surface area contributed by atoms with Crippen molar-refractivity contribution in [2.75, 3.05) is 0 Å². The Morgan fingerprint density at radius 3 is 2.95 bits per heavy atom. The highest BCUT2D eigenvalue weighted by molar-refractivity contribution is 5.95. The molecule has 6 heteroatoms. The van der Waals surface area contributed by atoms with Crippen molar-refractivity contribution < 1.29 is 9.53 Å². The SMILES string of the molecule is CCn1cc(OCc2ccccc2C(=O)NN)cn1. The number of carbonyl (C=O) groups is 1. The molecule has 0 aliphatic rings. The largest absolute Gasteiger partial charge is 0.486 e. The van der Waals surface area contributed by atoms with Crippen LogP contribution >= 0.6 is 0 Å². The van der Waals surface area contributed by atoms with Crippen LogP contribution in [0.2, 0.25) is 0 Å². The van der Waals surface area contributed by atoms with Crippen LogP contribution in [0.1, 0.15) is 22.8 Å². The summed E-state index contributed by atoms with van der Waals surface area (Å²) in [4.78, 5) is 11.6. The number of aryl methyl sites for hydroxylation is 1. The van der Waals surface area contributed by atoms with Crippen molar-refractivity contribution in [3.8, 4) is 5.75 Å². The Morgan fingerprint density at radius 2 is 2.26 bits per heavy atom. The van der Waals surface area contributed by atoms with Gasteiger partial charge in [0.2, 0.25) is 0 Å². The number of rotatable bonds is 5. The molecule has 2 aromatic rings. The van der Waals surface area contributed by atoms with Gasteiger partial charge in [-0.3, -0.25) is 14.9 Å². The predicted octanol–water partition coefficient (Wildman–Crippen LogP) is 1.09. The molecule has 6 nitrogen and oxygen atoms in total. The Hall–Kier alpha value is -2.34. The molecule has 0 saturated heterocycles. The number of nitrogens with two attached hydrogens (primary N) is 1. The van der Waals surface area contributed by atoms with E-state index in [0.29, 0.717) is 17.9 Å².